The maximum absolute atomic E-state index is 14.7. The number of rotatable bonds is 14. The van der Waals surface area contributed by atoms with Gasteiger partial charge in [-0.3, -0.25) is 19.8 Å². The molecule has 3 N–H and O–H groups in total. The zero-order chi connectivity index (χ0) is 42.3. The Hall–Kier alpha value is -4.74. The maximum atomic E-state index is 14.7. The van der Waals surface area contributed by atoms with Crippen molar-refractivity contribution >= 4 is 57.4 Å². The van der Waals surface area contributed by atoms with E-state index >= 15 is 0 Å². The minimum atomic E-state index is -2.70. The second-order valence-electron chi connectivity index (χ2n) is 16.8. The fourth-order valence-corrected chi connectivity index (χ4v) is 15.4. The molecular formula is C50H59N3O4P2. The first-order chi connectivity index (χ1) is 28.3. The van der Waals surface area contributed by atoms with Crippen LogP contribution in [0.1, 0.15) is 41.5 Å². The van der Waals surface area contributed by atoms with Gasteiger partial charge in [-0.25, -0.2) is 0 Å². The number of methoxy groups -OCH3 is 2. The molecule has 6 rings (SSSR count). The summed E-state index contributed by atoms with van der Waals surface area (Å²) in [7, 11) is -2.08. The van der Waals surface area contributed by atoms with Crippen molar-refractivity contribution < 1.29 is 19.1 Å². The molecule has 0 saturated carbocycles. The normalized spacial score (nSPS) is 15.3. The van der Waals surface area contributed by atoms with E-state index in [4.69, 9.17) is 9.47 Å². The van der Waals surface area contributed by atoms with E-state index in [1.165, 1.54) is 0 Å². The Morgan fingerprint density at radius 2 is 0.729 bits per heavy atom. The van der Waals surface area contributed by atoms with Gasteiger partial charge in [-0.05, 0) is 56.4 Å². The molecule has 0 fully saturated rings. The van der Waals surface area contributed by atoms with Crippen LogP contribution in [0, 0.1) is 10.8 Å². The summed E-state index contributed by atoms with van der Waals surface area (Å²) < 4.78 is 11.7. The highest BCUT2D eigenvalue weighted by Crippen LogP contribution is 2.48. The van der Waals surface area contributed by atoms with E-state index in [1.807, 2.05) is 97.1 Å². The largest absolute Gasteiger partial charge is 0.497 e. The van der Waals surface area contributed by atoms with Gasteiger partial charge in [-0.1, -0.05) is 163 Å². The van der Waals surface area contributed by atoms with Gasteiger partial charge in [0.2, 0.25) is 0 Å². The van der Waals surface area contributed by atoms with Gasteiger partial charge >= 0.3 is 0 Å². The molecule has 0 spiro atoms. The summed E-state index contributed by atoms with van der Waals surface area (Å²) in [6.07, 6.45) is 7.67. The van der Waals surface area contributed by atoms with Crippen LogP contribution in [0.3, 0.4) is 0 Å². The van der Waals surface area contributed by atoms with Crippen molar-refractivity contribution in [2.24, 2.45) is 10.8 Å². The lowest BCUT2D eigenvalue weighted by molar-refractivity contribution is -0.111. The molecule has 4 aromatic carbocycles. The summed E-state index contributed by atoms with van der Waals surface area (Å²) in [6, 6.07) is 41.5. The quantitative estimate of drug-likeness (QED) is 0.0901. The highest BCUT2D eigenvalue weighted by Gasteiger charge is 2.38. The predicted molar refractivity (Wildman–Crippen MR) is 252 cm³/mol. The topological polar surface area (TPSA) is 88.7 Å². The van der Waals surface area contributed by atoms with Gasteiger partial charge in [0, 0.05) is 62.0 Å². The number of hydrogen-bond acceptors (Lipinski definition) is 7. The van der Waals surface area contributed by atoms with Gasteiger partial charge in [-0.2, -0.15) is 0 Å². The van der Waals surface area contributed by atoms with Crippen LogP contribution in [0.4, 0.5) is 0 Å². The molecule has 308 valence electrons. The molecule has 0 unspecified atom stereocenters. The van der Waals surface area contributed by atoms with Crippen LogP contribution in [-0.4, -0.2) is 62.6 Å². The van der Waals surface area contributed by atoms with Crippen molar-refractivity contribution in [2.75, 3.05) is 40.4 Å². The zero-order valence-corrected chi connectivity index (χ0v) is 37.5. The van der Waals surface area contributed by atoms with Crippen LogP contribution in [0.25, 0.3) is 0 Å². The number of ketones is 2. The van der Waals surface area contributed by atoms with Gasteiger partial charge in [0.1, 0.15) is 11.5 Å². The highest BCUT2D eigenvalue weighted by atomic mass is 31.2. The number of Topliss-reactive ketones (excluding diaryl/α,β-unsaturated/α-hetero) is 2. The van der Waals surface area contributed by atoms with E-state index in [1.54, 1.807) is 14.2 Å². The van der Waals surface area contributed by atoms with Crippen molar-refractivity contribution in [3.63, 3.8) is 0 Å². The third-order valence-electron chi connectivity index (χ3n) is 10.8. The molecule has 59 heavy (non-hydrogen) atoms. The first-order valence-electron chi connectivity index (χ1n) is 20.3. The molecule has 0 atom stereocenters. The standard InChI is InChI=1S/C50H59N3O4P2/c1-49(2,3)43-33-37(56-7)35-45(47(43)54)58(39-21-13-9-14-22-39,40-23-15-10-16-24-40)52-31-29-51-30-32-53-59(41-25-17-11-18-26-41,42-27-19-12-20-28-42)46-36-38(57-8)34-44(48(46)55)50(4,5)6/h9-28,33-36,51-53H,29-32H2,1-8H3. The molecular weight excluding hydrogens is 769 g/mol. The average Bonchev–Trinajstić information content (AvgIpc) is 3.24. The summed E-state index contributed by atoms with van der Waals surface area (Å²) in [5.74, 6) is 1.41. The monoisotopic (exact) mass is 827 g/mol. The van der Waals surface area contributed by atoms with Gasteiger partial charge < -0.3 is 14.8 Å². The van der Waals surface area contributed by atoms with E-state index in [2.05, 4.69) is 106 Å². The Labute approximate surface area is 351 Å². The van der Waals surface area contributed by atoms with Crippen molar-refractivity contribution in [3.8, 4) is 0 Å². The zero-order valence-electron chi connectivity index (χ0n) is 35.7. The summed E-state index contributed by atoms with van der Waals surface area (Å²) in [4.78, 5) is 29.4. The predicted octanol–water partition coefficient (Wildman–Crippen LogP) is 7.44. The molecule has 0 aliphatic heterocycles. The Bertz CT molecular complexity index is 2130. The van der Waals surface area contributed by atoms with Crippen molar-refractivity contribution in [1.29, 1.82) is 0 Å². The molecule has 2 aliphatic carbocycles. The van der Waals surface area contributed by atoms with Gasteiger partial charge in [-0.15, -0.1) is 0 Å². The molecule has 0 bridgehead atoms. The SMILES string of the molecule is COC1=CC(=P(NCCNCCNP(=C2C=C(OC)C=C(C(C)(C)C)C2=O)(c2ccccc2)c2ccccc2)(c2ccccc2)c2ccccc2)C(=O)C(C(C)(C)C)=C1. The maximum Gasteiger partial charge on any atom is 0.191 e. The van der Waals surface area contributed by atoms with Crippen LogP contribution in [0.2, 0.25) is 0 Å². The Balaban J connectivity index is 1.35. The van der Waals surface area contributed by atoms with E-state index < -0.39 is 14.1 Å². The summed E-state index contributed by atoms with van der Waals surface area (Å²) in [5.41, 5.74) is 0.678. The van der Waals surface area contributed by atoms with Crippen molar-refractivity contribution in [2.45, 2.75) is 41.5 Å². The first-order valence-corrected chi connectivity index (χ1v) is 23.9. The molecule has 2 aliphatic rings. The molecule has 0 amide bonds. The van der Waals surface area contributed by atoms with Gasteiger partial charge in [0.05, 0.1) is 14.2 Å². The number of benzene rings is 4. The second-order valence-corrected chi connectivity index (χ2v) is 23.1. The second kappa shape index (κ2) is 18.7. The highest BCUT2D eigenvalue weighted by molar-refractivity contribution is 7.90. The average molecular weight is 828 g/mol. The summed E-state index contributed by atoms with van der Waals surface area (Å²) in [6.45, 7) is 14.9. The van der Waals surface area contributed by atoms with E-state index in [-0.39, 0.29) is 22.4 Å². The molecule has 0 saturated heterocycles. The lowest BCUT2D eigenvalue weighted by atomic mass is 9.81. The molecule has 0 aromatic heterocycles. The van der Waals surface area contributed by atoms with Crippen LogP contribution in [0.15, 0.2) is 168 Å². The van der Waals surface area contributed by atoms with E-state index in [9.17, 15) is 9.59 Å². The fourth-order valence-electron chi connectivity index (χ4n) is 7.77. The van der Waals surface area contributed by atoms with Crippen molar-refractivity contribution in [1.82, 2.24) is 15.5 Å². The molecule has 7 nitrogen and oxygen atoms in total. The Morgan fingerprint density at radius 1 is 0.441 bits per heavy atom. The van der Waals surface area contributed by atoms with Crippen LogP contribution < -0.4 is 36.7 Å². The van der Waals surface area contributed by atoms with Crippen LogP contribution >= 0.6 is 14.1 Å². The number of hydrogen-bond donors (Lipinski definition) is 3. The lowest BCUT2D eigenvalue weighted by Crippen LogP contribution is -2.41. The Morgan fingerprint density at radius 3 is 0.983 bits per heavy atom. The molecule has 0 radical (unpaired) electrons. The van der Waals surface area contributed by atoms with Crippen molar-refractivity contribution in [3.05, 3.63) is 168 Å². The van der Waals surface area contributed by atoms with Gasteiger partial charge in [0.25, 0.3) is 0 Å². The van der Waals surface area contributed by atoms with E-state index in [0.717, 1.165) is 43.0 Å². The third-order valence-corrected chi connectivity index (χ3v) is 18.6. The van der Waals surface area contributed by atoms with Crippen LogP contribution in [0.5, 0.6) is 0 Å². The number of allylic oxidation sites excluding steroid dienone is 6. The molecule has 0 heterocycles. The molecule has 9 heteroatoms. The lowest BCUT2D eigenvalue weighted by Gasteiger charge is -2.35. The van der Waals surface area contributed by atoms with Crippen LogP contribution in [-0.2, 0) is 19.1 Å². The number of carbonyl (C=O) groups is 2. The summed E-state index contributed by atoms with van der Waals surface area (Å²) in [5, 5.41) is 17.4. The third kappa shape index (κ3) is 9.21. The number of ether oxygens (including phenoxy) is 2. The Kier molecular flexibility index (Phi) is 13.9. The summed E-state index contributed by atoms with van der Waals surface area (Å²) >= 11 is 0. The number of nitrogens with one attached hydrogen (secondary N) is 3. The van der Waals surface area contributed by atoms with Gasteiger partial charge in [0.15, 0.2) is 11.6 Å². The molecule has 4 aromatic rings. The first kappa shape index (κ1) is 43.8. The fraction of sp³-hybridized carbons (Fsp3) is 0.280. The smallest absolute Gasteiger partial charge is 0.191 e. The van der Waals surface area contributed by atoms with E-state index in [0.29, 0.717) is 37.7 Å². The minimum absolute atomic E-state index is 0.0380. The number of carbonyl (C=O) groups excluding carboxylic acids is 2. The minimum Gasteiger partial charge on any atom is -0.497 e.